The Bertz CT molecular complexity index is 1240. The first-order chi connectivity index (χ1) is 14.9. The van der Waals surface area contributed by atoms with Crippen molar-refractivity contribution in [2.45, 2.75) is 19.4 Å². The fourth-order valence-corrected chi connectivity index (χ4v) is 4.06. The first-order valence-electron chi connectivity index (χ1n) is 9.83. The molecule has 2 aromatic carbocycles. The molecule has 2 aliphatic heterocycles. The van der Waals surface area contributed by atoms with Gasteiger partial charge in [-0.15, -0.1) is 0 Å². The number of carbonyl (C=O) groups excluding carboxylic acids is 2. The minimum Gasteiger partial charge on any atom is -0.507 e. The number of hydrogen-bond donors (Lipinski definition) is 1. The van der Waals surface area contributed by atoms with Crippen molar-refractivity contribution >= 4 is 23.1 Å². The molecule has 0 aliphatic carbocycles. The molecular weight excluding hydrogens is 401 g/mol. The highest BCUT2D eigenvalue weighted by Crippen LogP contribution is 2.43. The third-order valence-electron chi connectivity index (χ3n) is 5.54. The number of furan rings is 1. The number of benzene rings is 2. The predicted octanol–water partition coefficient (Wildman–Crippen LogP) is 4.29. The van der Waals surface area contributed by atoms with Crippen LogP contribution in [-0.2, 0) is 16.0 Å². The fourth-order valence-electron chi connectivity index (χ4n) is 4.06. The molecule has 1 fully saturated rings. The third kappa shape index (κ3) is 3.09. The summed E-state index contributed by atoms with van der Waals surface area (Å²) < 4.78 is 24.7. The predicted molar refractivity (Wildman–Crippen MR) is 110 cm³/mol. The highest BCUT2D eigenvalue weighted by Gasteiger charge is 2.48. The maximum absolute atomic E-state index is 13.5. The van der Waals surface area contributed by atoms with E-state index in [9.17, 15) is 19.1 Å². The van der Waals surface area contributed by atoms with Crippen molar-refractivity contribution in [1.29, 1.82) is 0 Å². The Balaban J connectivity index is 1.69. The van der Waals surface area contributed by atoms with Gasteiger partial charge in [0, 0.05) is 17.7 Å². The largest absolute Gasteiger partial charge is 0.507 e. The molecule has 31 heavy (non-hydrogen) atoms. The van der Waals surface area contributed by atoms with Gasteiger partial charge in [-0.05, 0) is 67.1 Å². The molecule has 7 heteroatoms. The van der Waals surface area contributed by atoms with E-state index in [2.05, 4.69) is 0 Å². The number of nitrogens with zero attached hydrogens (tertiary/aromatic N) is 1. The summed E-state index contributed by atoms with van der Waals surface area (Å²) in [5.41, 5.74) is 1.57. The molecule has 1 aromatic heterocycles. The van der Waals surface area contributed by atoms with Crippen LogP contribution < -0.4 is 9.64 Å². The fraction of sp³-hybridized carbons (Fsp3) is 0.167. The van der Waals surface area contributed by atoms with E-state index < -0.39 is 23.5 Å². The van der Waals surface area contributed by atoms with E-state index in [-0.39, 0.29) is 11.3 Å². The molecule has 1 N–H and O–H groups in total. The van der Waals surface area contributed by atoms with E-state index in [1.54, 1.807) is 37.3 Å². The molecule has 1 unspecified atom stereocenters. The number of ether oxygens (including phenoxy) is 1. The van der Waals surface area contributed by atoms with Crippen molar-refractivity contribution in [1.82, 2.24) is 0 Å². The minimum atomic E-state index is -0.983. The number of anilines is 1. The molecule has 0 saturated carbocycles. The number of rotatable bonds is 3. The molecule has 0 spiro atoms. The minimum absolute atomic E-state index is 0.0810. The average molecular weight is 419 g/mol. The van der Waals surface area contributed by atoms with Crippen LogP contribution in [-0.4, -0.2) is 23.4 Å². The summed E-state index contributed by atoms with van der Waals surface area (Å²) in [6.07, 6.45) is 0.696. The highest BCUT2D eigenvalue weighted by molar-refractivity contribution is 6.51. The van der Waals surface area contributed by atoms with Gasteiger partial charge in [0.25, 0.3) is 11.7 Å². The van der Waals surface area contributed by atoms with Gasteiger partial charge in [-0.25, -0.2) is 4.39 Å². The SMILES string of the molecule is Cc1ccc(C2/C(=C(/O)c3ccc4c(c3)CCO4)C(=O)C(=O)N2c2ccc(F)cc2)o1. The van der Waals surface area contributed by atoms with Crippen molar-refractivity contribution in [3.63, 3.8) is 0 Å². The number of amides is 1. The van der Waals surface area contributed by atoms with Crippen molar-refractivity contribution in [2.75, 3.05) is 11.5 Å². The molecule has 3 heterocycles. The first-order valence-corrected chi connectivity index (χ1v) is 9.83. The van der Waals surface area contributed by atoms with E-state index in [1.165, 1.54) is 29.2 Å². The Labute approximate surface area is 177 Å². The van der Waals surface area contributed by atoms with Crippen LogP contribution in [0.4, 0.5) is 10.1 Å². The van der Waals surface area contributed by atoms with Gasteiger partial charge in [-0.2, -0.15) is 0 Å². The van der Waals surface area contributed by atoms with Crippen molar-refractivity contribution < 1.29 is 28.2 Å². The van der Waals surface area contributed by atoms with E-state index in [0.29, 0.717) is 35.8 Å². The van der Waals surface area contributed by atoms with Gasteiger partial charge >= 0.3 is 0 Å². The van der Waals surface area contributed by atoms with Crippen molar-refractivity contribution in [2.24, 2.45) is 0 Å². The Kier molecular flexibility index (Phi) is 4.39. The van der Waals surface area contributed by atoms with Crippen LogP contribution in [0.5, 0.6) is 5.75 Å². The third-order valence-corrected chi connectivity index (χ3v) is 5.54. The lowest BCUT2D eigenvalue weighted by Gasteiger charge is -2.23. The van der Waals surface area contributed by atoms with Gasteiger partial charge in [-0.1, -0.05) is 0 Å². The number of ketones is 1. The Morgan fingerprint density at radius 3 is 2.58 bits per heavy atom. The van der Waals surface area contributed by atoms with Crippen molar-refractivity contribution in [3.8, 4) is 5.75 Å². The molecule has 2 aliphatic rings. The van der Waals surface area contributed by atoms with E-state index in [0.717, 1.165) is 11.3 Å². The van der Waals surface area contributed by atoms with Crippen LogP contribution in [0.15, 0.2) is 64.6 Å². The molecular formula is C24H18FNO5. The monoisotopic (exact) mass is 419 g/mol. The van der Waals surface area contributed by atoms with E-state index in [4.69, 9.17) is 9.15 Å². The first kappa shape index (κ1) is 19.1. The van der Waals surface area contributed by atoms with Crippen LogP contribution in [0.3, 0.4) is 0 Å². The van der Waals surface area contributed by atoms with Gasteiger partial charge in [0.2, 0.25) is 0 Å². The topological polar surface area (TPSA) is 80.0 Å². The quantitative estimate of drug-likeness (QED) is 0.389. The van der Waals surface area contributed by atoms with Crippen LogP contribution >= 0.6 is 0 Å². The second-order valence-electron chi connectivity index (χ2n) is 7.51. The summed E-state index contributed by atoms with van der Waals surface area (Å²) in [7, 11) is 0. The molecule has 3 aromatic rings. The molecule has 156 valence electrons. The number of halogens is 1. The van der Waals surface area contributed by atoms with Gasteiger partial charge < -0.3 is 14.3 Å². The second-order valence-corrected chi connectivity index (χ2v) is 7.51. The normalized spacial score (nSPS) is 19.5. The Morgan fingerprint density at radius 1 is 1.10 bits per heavy atom. The average Bonchev–Trinajstić information content (AvgIpc) is 3.47. The van der Waals surface area contributed by atoms with Crippen LogP contribution in [0, 0.1) is 12.7 Å². The van der Waals surface area contributed by atoms with Gasteiger partial charge in [0.1, 0.15) is 34.9 Å². The number of aryl methyl sites for hydroxylation is 1. The van der Waals surface area contributed by atoms with Gasteiger partial charge in [0.05, 0.1) is 12.2 Å². The van der Waals surface area contributed by atoms with Gasteiger partial charge in [0.15, 0.2) is 0 Å². The number of fused-ring (bicyclic) bond motifs is 1. The number of aliphatic hydroxyl groups excluding tert-OH is 1. The van der Waals surface area contributed by atoms with E-state index >= 15 is 0 Å². The van der Waals surface area contributed by atoms with Crippen LogP contribution in [0.25, 0.3) is 5.76 Å². The smallest absolute Gasteiger partial charge is 0.300 e. The van der Waals surface area contributed by atoms with E-state index in [1.807, 2.05) is 0 Å². The highest BCUT2D eigenvalue weighted by atomic mass is 19.1. The summed E-state index contributed by atoms with van der Waals surface area (Å²) in [4.78, 5) is 27.3. The zero-order chi connectivity index (χ0) is 21.7. The Hall–Kier alpha value is -3.87. The molecule has 5 rings (SSSR count). The lowest BCUT2D eigenvalue weighted by atomic mass is 9.98. The Morgan fingerprint density at radius 2 is 1.87 bits per heavy atom. The zero-order valence-corrected chi connectivity index (χ0v) is 16.6. The molecule has 0 radical (unpaired) electrons. The second kappa shape index (κ2) is 7.12. The number of aliphatic hydroxyl groups is 1. The molecule has 6 nitrogen and oxygen atoms in total. The van der Waals surface area contributed by atoms with Crippen LogP contribution in [0.2, 0.25) is 0 Å². The summed E-state index contributed by atoms with van der Waals surface area (Å²) in [6, 6.07) is 12.8. The summed E-state index contributed by atoms with van der Waals surface area (Å²) in [6.45, 7) is 2.30. The molecule has 1 amide bonds. The summed E-state index contributed by atoms with van der Waals surface area (Å²) >= 11 is 0. The zero-order valence-electron chi connectivity index (χ0n) is 16.6. The molecule has 1 atom stereocenters. The number of hydrogen-bond acceptors (Lipinski definition) is 5. The molecule has 0 bridgehead atoms. The molecule has 1 saturated heterocycles. The standard InChI is InChI=1S/C24H18FNO5/c1-13-2-8-19(31-13)21-20(22(27)15-3-9-18-14(12-15)10-11-30-18)23(28)24(29)26(21)17-6-4-16(25)5-7-17/h2-9,12,21,27H,10-11H2,1H3/b22-20-. The van der Waals surface area contributed by atoms with Gasteiger partial charge in [-0.3, -0.25) is 14.5 Å². The van der Waals surface area contributed by atoms with Crippen LogP contribution in [0.1, 0.15) is 28.7 Å². The lowest BCUT2D eigenvalue weighted by molar-refractivity contribution is -0.132. The lowest BCUT2D eigenvalue weighted by Crippen LogP contribution is -2.29. The summed E-state index contributed by atoms with van der Waals surface area (Å²) in [5.74, 6) is -0.764. The maximum atomic E-state index is 13.5. The number of carbonyl (C=O) groups is 2. The maximum Gasteiger partial charge on any atom is 0.300 e. The summed E-state index contributed by atoms with van der Waals surface area (Å²) in [5, 5.41) is 11.1. The van der Waals surface area contributed by atoms with Crippen molar-refractivity contribution in [3.05, 3.63) is 88.6 Å². The number of Topliss-reactive ketones (excluding diaryl/α,β-unsaturated/α-hetero) is 1.